The predicted molar refractivity (Wildman–Crippen MR) is 124 cm³/mol. The lowest BCUT2D eigenvalue weighted by Gasteiger charge is -2.38. The number of hydrogen-bond donors (Lipinski definition) is 0. The van der Waals surface area contributed by atoms with Gasteiger partial charge < -0.3 is 9.47 Å². The summed E-state index contributed by atoms with van der Waals surface area (Å²) in [5.74, 6) is -7.41. The third-order valence-electron chi connectivity index (χ3n) is 8.16. The van der Waals surface area contributed by atoms with E-state index in [0.29, 0.717) is 24.7 Å². The van der Waals surface area contributed by atoms with Gasteiger partial charge in [-0.05, 0) is 79.9 Å². The van der Waals surface area contributed by atoms with Gasteiger partial charge in [-0.3, -0.25) is 0 Å². The van der Waals surface area contributed by atoms with Crippen molar-refractivity contribution in [2.75, 3.05) is 0 Å². The fraction of sp³-hybridized carbons (Fsp3) is 0.571. The third kappa shape index (κ3) is 6.37. The largest absolute Gasteiger partial charge is 0.432 e. The van der Waals surface area contributed by atoms with Gasteiger partial charge in [-0.25, -0.2) is 17.6 Å². The maximum atomic E-state index is 14.8. The van der Waals surface area contributed by atoms with E-state index < -0.39 is 53.1 Å². The van der Waals surface area contributed by atoms with E-state index in [2.05, 4.69) is 16.4 Å². The molecule has 0 aliphatic heterocycles. The van der Waals surface area contributed by atoms with Crippen LogP contribution in [0.2, 0.25) is 0 Å². The highest BCUT2D eigenvalue weighted by molar-refractivity contribution is 5.36. The van der Waals surface area contributed by atoms with Crippen molar-refractivity contribution >= 4 is 0 Å². The molecule has 2 aliphatic rings. The smallest absolute Gasteiger partial charge is 0.429 e. The van der Waals surface area contributed by atoms with E-state index in [0.717, 1.165) is 30.9 Å². The Morgan fingerprint density at radius 1 is 0.763 bits per heavy atom. The molecule has 2 fully saturated rings. The van der Waals surface area contributed by atoms with Crippen molar-refractivity contribution in [3.05, 3.63) is 58.7 Å². The molecule has 2 nitrogen and oxygen atoms in total. The van der Waals surface area contributed by atoms with Crippen molar-refractivity contribution < 1.29 is 44.6 Å². The van der Waals surface area contributed by atoms with Gasteiger partial charge >= 0.3 is 12.7 Å². The molecule has 0 amide bonds. The molecule has 0 bridgehead atoms. The summed E-state index contributed by atoms with van der Waals surface area (Å²) < 4.78 is 119. The summed E-state index contributed by atoms with van der Waals surface area (Å²) >= 11 is 0. The number of ether oxygens (including phenoxy) is 2. The van der Waals surface area contributed by atoms with E-state index in [-0.39, 0.29) is 23.6 Å². The summed E-state index contributed by atoms with van der Waals surface area (Å²) in [6, 6.07) is 2.03. The van der Waals surface area contributed by atoms with Crippen molar-refractivity contribution in [2.45, 2.75) is 83.3 Å². The Kier molecular flexibility index (Phi) is 8.77. The van der Waals surface area contributed by atoms with E-state index in [4.69, 9.17) is 0 Å². The maximum absolute atomic E-state index is 14.8. The van der Waals surface area contributed by atoms with Gasteiger partial charge in [-0.15, -0.1) is 0 Å². The van der Waals surface area contributed by atoms with Crippen LogP contribution in [-0.4, -0.2) is 6.61 Å². The minimum atomic E-state index is -4.65. The second kappa shape index (κ2) is 11.7. The van der Waals surface area contributed by atoms with Gasteiger partial charge in [0, 0.05) is 12.1 Å². The Morgan fingerprint density at radius 2 is 1.26 bits per heavy atom. The van der Waals surface area contributed by atoms with Crippen LogP contribution in [-0.2, 0) is 6.11 Å². The van der Waals surface area contributed by atoms with Crippen LogP contribution in [0.1, 0.15) is 81.8 Å². The lowest BCUT2D eigenvalue weighted by molar-refractivity contribution is -0.189. The van der Waals surface area contributed by atoms with Crippen molar-refractivity contribution in [2.24, 2.45) is 17.8 Å². The van der Waals surface area contributed by atoms with Gasteiger partial charge in [0.15, 0.2) is 17.4 Å². The zero-order valence-corrected chi connectivity index (χ0v) is 20.9. The fourth-order valence-corrected chi connectivity index (χ4v) is 6.09. The summed E-state index contributed by atoms with van der Waals surface area (Å²) in [5, 5.41) is 0. The third-order valence-corrected chi connectivity index (χ3v) is 8.16. The summed E-state index contributed by atoms with van der Waals surface area (Å²) in [5.41, 5.74) is -1.44. The molecule has 0 atom stereocenters. The zero-order chi connectivity index (χ0) is 27.6. The molecule has 4 rings (SSSR count). The number of halogens is 8. The van der Waals surface area contributed by atoms with E-state index in [1.165, 1.54) is 32.1 Å². The van der Waals surface area contributed by atoms with E-state index in [1.807, 2.05) is 0 Å². The first-order valence-corrected chi connectivity index (χ1v) is 13.0. The van der Waals surface area contributed by atoms with Crippen LogP contribution in [0.3, 0.4) is 0 Å². The number of benzene rings is 2. The summed E-state index contributed by atoms with van der Waals surface area (Å²) in [7, 11) is 0. The molecule has 0 spiro atoms. The number of alkyl halides is 4. The highest BCUT2D eigenvalue weighted by Gasteiger charge is 2.42. The molecule has 2 aromatic carbocycles. The van der Waals surface area contributed by atoms with Crippen molar-refractivity contribution in [1.29, 1.82) is 0 Å². The molecule has 2 aliphatic carbocycles. The van der Waals surface area contributed by atoms with E-state index in [1.54, 1.807) is 0 Å². The summed E-state index contributed by atoms with van der Waals surface area (Å²) in [6.07, 6.45) is 4.68. The SMILES string of the molecule is CC[C@H]1CC[C@H]([C@H]2CC[C@H](c3cc(F)c(C(F)(F)Oc4cc(F)c(OC(F)F)c(F)c4)c(F)c3)CC2)CC1. The average Bonchev–Trinajstić information content (AvgIpc) is 2.85. The Hall–Kier alpha value is -2.52. The van der Waals surface area contributed by atoms with Gasteiger partial charge in [0.25, 0.3) is 0 Å². The molecule has 0 saturated heterocycles. The highest BCUT2D eigenvalue weighted by atomic mass is 19.3. The van der Waals surface area contributed by atoms with Crippen LogP contribution in [0.25, 0.3) is 0 Å². The molecular formula is C28H30F8O2. The van der Waals surface area contributed by atoms with Crippen LogP contribution >= 0.6 is 0 Å². The first kappa shape index (κ1) is 28.5. The molecule has 210 valence electrons. The summed E-state index contributed by atoms with van der Waals surface area (Å²) in [4.78, 5) is 0. The Morgan fingerprint density at radius 3 is 1.74 bits per heavy atom. The molecule has 2 aromatic rings. The van der Waals surface area contributed by atoms with Crippen molar-refractivity contribution in [1.82, 2.24) is 0 Å². The van der Waals surface area contributed by atoms with Gasteiger partial charge in [0.1, 0.15) is 22.9 Å². The standard InChI is InChI=1S/C28H30F8O2/c1-2-15-3-5-16(6-4-15)17-7-9-18(10-8-17)19-11-21(29)25(22(30)12-19)28(35,36)38-20-13-23(31)26(24(32)14-20)37-27(33)34/h11-18,27H,2-10H2,1H3/t15-,16-,17-,18-. The van der Waals surface area contributed by atoms with Crippen molar-refractivity contribution in [3.63, 3.8) is 0 Å². The topological polar surface area (TPSA) is 18.5 Å². The summed E-state index contributed by atoms with van der Waals surface area (Å²) in [6.45, 7) is -1.35. The monoisotopic (exact) mass is 550 g/mol. The zero-order valence-electron chi connectivity index (χ0n) is 20.9. The quantitative estimate of drug-likeness (QED) is 0.305. The molecule has 2 saturated carbocycles. The predicted octanol–water partition coefficient (Wildman–Crippen LogP) is 9.46. The van der Waals surface area contributed by atoms with Gasteiger partial charge in [-0.1, -0.05) is 26.2 Å². The number of hydrogen-bond acceptors (Lipinski definition) is 2. The molecule has 0 unspecified atom stereocenters. The normalized spacial score (nSPS) is 24.5. The first-order chi connectivity index (χ1) is 18.0. The Bertz CT molecular complexity index is 1060. The van der Waals surface area contributed by atoms with Crippen LogP contribution in [0.4, 0.5) is 35.1 Å². The first-order valence-electron chi connectivity index (χ1n) is 13.0. The minimum absolute atomic E-state index is 0.159. The molecule has 0 radical (unpaired) electrons. The molecule has 0 aromatic heterocycles. The highest BCUT2D eigenvalue weighted by Crippen LogP contribution is 2.45. The van der Waals surface area contributed by atoms with Crippen LogP contribution in [0.5, 0.6) is 11.5 Å². The second-order valence-corrected chi connectivity index (χ2v) is 10.4. The molecule has 0 N–H and O–H groups in total. The van der Waals surface area contributed by atoms with Crippen molar-refractivity contribution in [3.8, 4) is 11.5 Å². The van der Waals surface area contributed by atoms with Gasteiger partial charge in [0.2, 0.25) is 0 Å². The van der Waals surface area contributed by atoms with E-state index in [9.17, 15) is 35.1 Å². The lowest BCUT2D eigenvalue weighted by Crippen LogP contribution is -2.27. The second-order valence-electron chi connectivity index (χ2n) is 10.4. The van der Waals surface area contributed by atoms with E-state index >= 15 is 0 Å². The lowest BCUT2D eigenvalue weighted by atomic mass is 9.68. The maximum Gasteiger partial charge on any atom is 0.432 e. The average molecular weight is 551 g/mol. The van der Waals surface area contributed by atoms with Crippen LogP contribution < -0.4 is 9.47 Å². The van der Waals surface area contributed by atoms with Crippen LogP contribution in [0.15, 0.2) is 24.3 Å². The minimum Gasteiger partial charge on any atom is -0.429 e. The Balaban J connectivity index is 1.44. The number of rotatable bonds is 8. The molecular weight excluding hydrogens is 520 g/mol. The molecule has 10 heteroatoms. The fourth-order valence-electron chi connectivity index (χ4n) is 6.09. The molecule has 0 heterocycles. The molecule has 38 heavy (non-hydrogen) atoms. The Labute approximate surface area is 216 Å². The van der Waals surface area contributed by atoms with Crippen LogP contribution in [0, 0.1) is 41.0 Å². The van der Waals surface area contributed by atoms with Gasteiger partial charge in [0.05, 0.1) is 0 Å². The van der Waals surface area contributed by atoms with Gasteiger partial charge in [-0.2, -0.15) is 17.6 Å².